The zero-order valence-electron chi connectivity index (χ0n) is 10.4. The van der Waals surface area contributed by atoms with E-state index in [4.69, 9.17) is 4.74 Å². The summed E-state index contributed by atoms with van der Waals surface area (Å²) in [6.07, 6.45) is 2.06. The van der Waals surface area contributed by atoms with E-state index in [0.29, 0.717) is 0 Å². The van der Waals surface area contributed by atoms with Gasteiger partial charge in [-0.15, -0.1) is 0 Å². The van der Waals surface area contributed by atoms with Gasteiger partial charge in [0.1, 0.15) is 11.4 Å². The number of fused-ring (bicyclic) bond motifs is 1. The third-order valence-electron chi connectivity index (χ3n) is 3.08. The maximum absolute atomic E-state index is 5.16. The Morgan fingerprint density at radius 1 is 1.06 bits per heavy atom. The average molecular weight is 238 g/mol. The molecule has 3 aromatic rings. The lowest BCUT2D eigenvalue weighted by atomic mass is 10.2. The Balaban J connectivity index is 2.10. The van der Waals surface area contributed by atoms with Crippen LogP contribution in [0.15, 0.2) is 48.7 Å². The van der Waals surface area contributed by atoms with Crippen LogP contribution in [0, 0.1) is 6.92 Å². The number of benzene rings is 1. The molecule has 3 heteroatoms. The third-order valence-corrected chi connectivity index (χ3v) is 3.08. The van der Waals surface area contributed by atoms with E-state index < -0.39 is 0 Å². The summed E-state index contributed by atoms with van der Waals surface area (Å²) in [5, 5.41) is 0. The molecule has 2 aromatic heterocycles. The summed E-state index contributed by atoms with van der Waals surface area (Å²) in [7, 11) is 1.67. The zero-order chi connectivity index (χ0) is 12.5. The van der Waals surface area contributed by atoms with Gasteiger partial charge < -0.3 is 9.14 Å². The van der Waals surface area contributed by atoms with Gasteiger partial charge in [0.15, 0.2) is 0 Å². The Labute approximate surface area is 106 Å². The summed E-state index contributed by atoms with van der Waals surface area (Å²) < 4.78 is 7.25. The topological polar surface area (TPSA) is 26.5 Å². The van der Waals surface area contributed by atoms with Crippen LogP contribution in [0.2, 0.25) is 0 Å². The van der Waals surface area contributed by atoms with E-state index >= 15 is 0 Å². The van der Waals surface area contributed by atoms with Crippen LogP contribution in [0.4, 0.5) is 0 Å². The molecule has 0 aliphatic rings. The average Bonchev–Trinajstić information content (AvgIpc) is 2.84. The molecular weight excluding hydrogens is 224 g/mol. The number of hydrogen-bond donors (Lipinski definition) is 0. The molecule has 90 valence electrons. The monoisotopic (exact) mass is 238 g/mol. The summed E-state index contributed by atoms with van der Waals surface area (Å²) in [6.45, 7) is 2.08. The van der Waals surface area contributed by atoms with E-state index in [-0.39, 0.29) is 0 Å². The van der Waals surface area contributed by atoms with Gasteiger partial charge in [-0.3, -0.25) is 0 Å². The first kappa shape index (κ1) is 10.8. The number of aromatic nitrogens is 2. The van der Waals surface area contributed by atoms with Gasteiger partial charge in [0.25, 0.3) is 0 Å². The van der Waals surface area contributed by atoms with Gasteiger partial charge in [0.2, 0.25) is 0 Å². The van der Waals surface area contributed by atoms with Crippen LogP contribution < -0.4 is 4.74 Å². The lowest BCUT2D eigenvalue weighted by Crippen LogP contribution is -1.86. The second kappa shape index (κ2) is 4.18. The number of ether oxygens (including phenoxy) is 1. The summed E-state index contributed by atoms with van der Waals surface area (Å²) in [5.74, 6) is 0.860. The molecule has 0 spiro atoms. The fraction of sp³-hybridized carbons (Fsp3) is 0.133. The highest BCUT2D eigenvalue weighted by molar-refractivity contribution is 5.63. The molecule has 0 saturated carbocycles. The normalized spacial score (nSPS) is 10.8. The van der Waals surface area contributed by atoms with Gasteiger partial charge in [-0.25, -0.2) is 4.98 Å². The molecule has 0 fully saturated rings. The zero-order valence-corrected chi connectivity index (χ0v) is 10.4. The molecule has 18 heavy (non-hydrogen) atoms. The molecule has 2 heterocycles. The largest absolute Gasteiger partial charge is 0.497 e. The van der Waals surface area contributed by atoms with E-state index in [2.05, 4.69) is 28.6 Å². The van der Waals surface area contributed by atoms with Crippen molar-refractivity contribution in [1.29, 1.82) is 0 Å². The first-order chi connectivity index (χ1) is 8.78. The lowest BCUT2D eigenvalue weighted by Gasteiger charge is -2.00. The van der Waals surface area contributed by atoms with Gasteiger partial charge in [-0.2, -0.15) is 0 Å². The number of methoxy groups -OCH3 is 1. The summed E-state index contributed by atoms with van der Waals surface area (Å²) in [4.78, 5) is 4.62. The SMILES string of the molecule is COc1ccc(-c2cn3c(C)cccc3n2)cc1. The molecule has 0 aliphatic carbocycles. The van der Waals surface area contributed by atoms with E-state index in [9.17, 15) is 0 Å². The number of imidazole rings is 1. The van der Waals surface area contributed by atoms with Crippen LogP contribution in [0.3, 0.4) is 0 Å². The predicted molar refractivity (Wildman–Crippen MR) is 71.9 cm³/mol. The predicted octanol–water partition coefficient (Wildman–Crippen LogP) is 3.32. The Hall–Kier alpha value is -2.29. The lowest BCUT2D eigenvalue weighted by molar-refractivity contribution is 0.415. The third kappa shape index (κ3) is 1.74. The molecule has 0 unspecified atom stereocenters. The minimum absolute atomic E-state index is 0.860. The van der Waals surface area contributed by atoms with Gasteiger partial charge in [-0.1, -0.05) is 6.07 Å². The van der Waals surface area contributed by atoms with E-state index in [1.807, 2.05) is 36.4 Å². The van der Waals surface area contributed by atoms with E-state index in [0.717, 1.165) is 22.7 Å². The Bertz CT molecular complexity index is 683. The Kier molecular flexibility index (Phi) is 2.52. The Morgan fingerprint density at radius 3 is 2.50 bits per heavy atom. The second-order valence-corrected chi connectivity index (χ2v) is 4.25. The standard InChI is InChI=1S/C15H14N2O/c1-11-4-3-5-15-16-14(10-17(11)15)12-6-8-13(18-2)9-7-12/h3-10H,1-2H3. The highest BCUT2D eigenvalue weighted by Gasteiger charge is 2.05. The van der Waals surface area contributed by atoms with E-state index in [1.165, 1.54) is 5.69 Å². The van der Waals surface area contributed by atoms with E-state index in [1.54, 1.807) is 7.11 Å². The smallest absolute Gasteiger partial charge is 0.137 e. The van der Waals surface area contributed by atoms with Gasteiger partial charge in [0.05, 0.1) is 12.8 Å². The minimum Gasteiger partial charge on any atom is -0.497 e. The van der Waals surface area contributed by atoms with Crippen molar-refractivity contribution in [3.63, 3.8) is 0 Å². The molecule has 0 N–H and O–H groups in total. The molecule has 0 radical (unpaired) electrons. The molecule has 3 rings (SSSR count). The summed E-state index contributed by atoms with van der Waals surface area (Å²) >= 11 is 0. The van der Waals surface area contributed by atoms with Crippen LogP contribution >= 0.6 is 0 Å². The van der Waals surface area contributed by atoms with Crippen molar-refractivity contribution in [2.24, 2.45) is 0 Å². The van der Waals surface area contributed by atoms with Crippen molar-refractivity contribution < 1.29 is 4.74 Å². The van der Waals surface area contributed by atoms with Gasteiger partial charge >= 0.3 is 0 Å². The quantitative estimate of drug-likeness (QED) is 0.684. The maximum Gasteiger partial charge on any atom is 0.137 e. The van der Waals surface area contributed by atoms with Crippen LogP contribution in [0.25, 0.3) is 16.9 Å². The molecule has 0 atom stereocenters. The number of pyridine rings is 1. The van der Waals surface area contributed by atoms with Gasteiger partial charge in [-0.05, 0) is 43.3 Å². The van der Waals surface area contributed by atoms with Crippen molar-refractivity contribution in [3.05, 3.63) is 54.4 Å². The Morgan fingerprint density at radius 2 is 1.83 bits per heavy atom. The summed E-state index contributed by atoms with van der Waals surface area (Å²) in [5.41, 5.74) is 4.23. The second-order valence-electron chi connectivity index (χ2n) is 4.25. The first-order valence-corrected chi connectivity index (χ1v) is 5.87. The molecule has 0 bridgehead atoms. The molecule has 3 nitrogen and oxygen atoms in total. The van der Waals surface area contributed by atoms with Crippen molar-refractivity contribution in [3.8, 4) is 17.0 Å². The first-order valence-electron chi connectivity index (χ1n) is 5.87. The highest BCUT2D eigenvalue weighted by Crippen LogP contribution is 2.22. The minimum atomic E-state index is 0.860. The van der Waals surface area contributed by atoms with Crippen LogP contribution in [-0.4, -0.2) is 16.5 Å². The maximum atomic E-state index is 5.16. The van der Waals surface area contributed by atoms with Crippen molar-refractivity contribution in [2.45, 2.75) is 6.92 Å². The molecule has 0 amide bonds. The van der Waals surface area contributed by atoms with Crippen molar-refractivity contribution in [2.75, 3.05) is 7.11 Å². The highest BCUT2D eigenvalue weighted by atomic mass is 16.5. The summed E-state index contributed by atoms with van der Waals surface area (Å²) in [6, 6.07) is 14.1. The van der Waals surface area contributed by atoms with Crippen molar-refractivity contribution in [1.82, 2.24) is 9.38 Å². The fourth-order valence-corrected chi connectivity index (χ4v) is 2.05. The molecular formula is C15H14N2O. The van der Waals surface area contributed by atoms with Crippen molar-refractivity contribution >= 4 is 5.65 Å². The number of nitrogens with zero attached hydrogens (tertiary/aromatic N) is 2. The molecule has 1 aromatic carbocycles. The fourth-order valence-electron chi connectivity index (χ4n) is 2.05. The van der Waals surface area contributed by atoms with Gasteiger partial charge in [0, 0.05) is 17.5 Å². The number of hydrogen-bond acceptors (Lipinski definition) is 2. The van der Waals surface area contributed by atoms with Crippen LogP contribution in [0.1, 0.15) is 5.69 Å². The van der Waals surface area contributed by atoms with Crippen LogP contribution in [0.5, 0.6) is 5.75 Å². The molecule has 0 aliphatic heterocycles. The number of aryl methyl sites for hydroxylation is 1. The molecule has 0 saturated heterocycles. The number of rotatable bonds is 2. The van der Waals surface area contributed by atoms with Crippen LogP contribution in [-0.2, 0) is 0 Å².